The van der Waals surface area contributed by atoms with Crippen molar-refractivity contribution in [3.63, 3.8) is 0 Å². The Balaban J connectivity index is 2.01. The molecule has 1 aliphatic rings. The summed E-state index contributed by atoms with van der Waals surface area (Å²) in [6.07, 6.45) is -1.84. The highest BCUT2D eigenvalue weighted by molar-refractivity contribution is 5.50. The summed E-state index contributed by atoms with van der Waals surface area (Å²) >= 11 is 0. The zero-order chi connectivity index (χ0) is 12.0. The van der Waals surface area contributed by atoms with E-state index in [1.807, 2.05) is 13.0 Å². The third-order valence-corrected chi connectivity index (χ3v) is 2.37. The molecule has 2 aromatic rings. The lowest BCUT2D eigenvalue weighted by Crippen LogP contribution is -2.25. The molecule has 0 N–H and O–H groups in total. The third-order valence-electron chi connectivity index (χ3n) is 2.37. The Labute approximate surface area is 95.4 Å². The molecule has 1 aromatic carbocycles. The Morgan fingerprint density at radius 3 is 2.65 bits per heavy atom. The predicted octanol–water partition coefficient (Wildman–Crippen LogP) is 2.50. The molecule has 0 fully saturated rings. The highest BCUT2D eigenvalue weighted by atomic mass is 19.3. The van der Waals surface area contributed by atoms with Crippen LogP contribution in [0.15, 0.2) is 30.5 Å². The van der Waals surface area contributed by atoms with Crippen molar-refractivity contribution in [2.24, 2.45) is 0 Å². The summed E-state index contributed by atoms with van der Waals surface area (Å²) in [5, 5.41) is 4.18. The Hall–Kier alpha value is -2.11. The van der Waals surface area contributed by atoms with E-state index < -0.39 is 6.29 Å². The first kappa shape index (κ1) is 10.1. The van der Waals surface area contributed by atoms with Gasteiger partial charge in [0.1, 0.15) is 0 Å². The van der Waals surface area contributed by atoms with Crippen molar-refractivity contribution in [1.29, 1.82) is 0 Å². The van der Waals surface area contributed by atoms with Gasteiger partial charge in [0.25, 0.3) is 0 Å². The van der Waals surface area contributed by atoms with Crippen LogP contribution < -0.4 is 9.47 Å². The van der Waals surface area contributed by atoms with Crippen molar-refractivity contribution in [2.75, 3.05) is 0 Å². The van der Waals surface area contributed by atoms with Crippen LogP contribution in [0.1, 0.15) is 5.69 Å². The van der Waals surface area contributed by atoms with E-state index in [0.717, 1.165) is 5.69 Å². The average Bonchev–Trinajstić information content (AvgIpc) is 2.78. The van der Waals surface area contributed by atoms with Crippen molar-refractivity contribution >= 4 is 0 Å². The van der Waals surface area contributed by atoms with Gasteiger partial charge in [0, 0.05) is 12.3 Å². The fraction of sp³-hybridized carbons (Fsp3) is 0.182. The molecule has 0 aliphatic carbocycles. The molecule has 4 nitrogen and oxygen atoms in total. The van der Waals surface area contributed by atoms with Crippen LogP contribution in [0, 0.1) is 6.92 Å². The number of nitrogens with zero attached hydrogens (tertiary/aromatic N) is 2. The zero-order valence-corrected chi connectivity index (χ0v) is 8.85. The monoisotopic (exact) mass is 238 g/mol. The first-order valence-corrected chi connectivity index (χ1v) is 4.96. The number of ether oxygens (including phenoxy) is 2. The van der Waals surface area contributed by atoms with Crippen molar-refractivity contribution < 1.29 is 18.3 Å². The van der Waals surface area contributed by atoms with Gasteiger partial charge in [-0.05, 0) is 25.1 Å². The van der Waals surface area contributed by atoms with Gasteiger partial charge in [0.2, 0.25) is 0 Å². The lowest BCUT2D eigenvalue weighted by Gasteiger charge is -2.04. The molecule has 17 heavy (non-hydrogen) atoms. The standard InChI is InChI=1S/C11H8F2N2O2/c1-7-4-5-15(14-7)8-2-3-9-10(6-8)17-11(12,13)16-9/h2-6H,1H3. The normalized spacial score (nSPS) is 16.2. The maximum atomic E-state index is 12.8. The molecule has 6 heteroatoms. The van der Waals surface area contributed by atoms with Crippen LogP contribution in [0.3, 0.4) is 0 Å². The van der Waals surface area contributed by atoms with Crippen molar-refractivity contribution in [3.8, 4) is 17.2 Å². The van der Waals surface area contributed by atoms with Crippen molar-refractivity contribution in [2.45, 2.75) is 13.2 Å². The molecule has 88 valence electrons. The number of rotatable bonds is 1. The number of fused-ring (bicyclic) bond motifs is 1. The minimum atomic E-state index is -3.58. The molecule has 0 saturated heterocycles. The summed E-state index contributed by atoms with van der Waals surface area (Å²) in [7, 11) is 0. The largest absolute Gasteiger partial charge is 0.586 e. The number of hydrogen-bond acceptors (Lipinski definition) is 3. The molecule has 0 bridgehead atoms. The van der Waals surface area contributed by atoms with E-state index in [1.165, 1.54) is 12.1 Å². The molecule has 1 aliphatic heterocycles. The van der Waals surface area contributed by atoms with Crippen LogP contribution in [0.5, 0.6) is 11.5 Å². The number of aromatic nitrogens is 2. The summed E-state index contributed by atoms with van der Waals surface area (Å²) in [4.78, 5) is 0. The van der Waals surface area contributed by atoms with Crippen LogP contribution >= 0.6 is 0 Å². The van der Waals surface area contributed by atoms with Crippen LogP contribution in [0.25, 0.3) is 5.69 Å². The molecule has 2 heterocycles. The zero-order valence-electron chi connectivity index (χ0n) is 8.85. The van der Waals surface area contributed by atoms with Crippen LogP contribution in [0.2, 0.25) is 0 Å². The Bertz CT molecular complexity index is 581. The molecule has 0 atom stereocenters. The van der Waals surface area contributed by atoms with E-state index in [4.69, 9.17) is 0 Å². The number of benzene rings is 1. The summed E-state index contributed by atoms with van der Waals surface area (Å²) in [5.74, 6) is 0.0447. The Morgan fingerprint density at radius 1 is 1.18 bits per heavy atom. The smallest absolute Gasteiger partial charge is 0.395 e. The van der Waals surface area contributed by atoms with Crippen LogP contribution in [-0.4, -0.2) is 16.1 Å². The molecule has 1 aromatic heterocycles. The van der Waals surface area contributed by atoms with Crippen LogP contribution in [0.4, 0.5) is 8.78 Å². The van der Waals surface area contributed by atoms with Gasteiger partial charge in [-0.1, -0.05) is 0 Å². The van der Waals surface area contributed by atoms with E-state index >= 15 is 0 Å². The van der Waals surface area contributed by atoms with Gasteiger partial charge in [0.15, 0.2) is 11.5 Å². The van der Waals surface area contributed by atoms with Gasteiger partial charge in [-0.3, -0.25) is 0 Å². The maximum absolute atomic E-state index is 12.8. The number of aryl methyl sites for hydroxylation is 1. The molecule has 3 rings (SSSR count). The van der Waals surface area contributed by atoms with Gasteiger partial charge in [-0.25, -0.2) is 4.68 Å². The number of alkyl halides is 2. The second-order valence-electron chi connectivity index (χ2n) is 3.70. The lowest BCUT2D eigenvalue weighted by molar-refractivity contribution is -0.286. The van der Waals surface area contributed by atoms with Gasteiger partial charge in [-0.15, -0.1) is 8.78 Å². The van der Waals surface area contributed by atoms with E-state index in [0.29, 0.717) is 5.69 Å². The highest BCUT2D eigenvalue weighted by Crippen LogP contribution is 2.41. The fourth-order valence-corrected chi connectivity index (χ4v) is 1.64. The third kappa shape index (κ3) is 1.71. The number of halogens is 2. The maximum Gasteiger partial charge on any atom is 0.586 e. The lowest BCUT2D eigenvalue weighted by atomic mass is 10.3. The first-order chi connectivity index (χ1) is 8.03. The van der Waals surface area contributed by atoms with Gasteiger partial charge in [-0.2, -0.15) is 5.10 Å². The van der Waals surface area contributed by atoms with E-state index in [1.54, 1.807) is 16.9 Å². The SMILES string of the molecule is Cc1ccn(-c2ccc3c(c2)OC(F)(F)O3)n1. The van der Waals surface area contributed by atoms with Gasteiger partial charge < -0.3 is 9.47 Å². The topological polar surface area (TPSA) is 36.3 Å². The average molecular weight is 238 g/mol. The van der Waals surface area contributed by atoms with Gasteiger partial charge >= 0.3 is 6.29 Å². The van der Waals surface area contributed by atoms with E-state index in [2.05, 4.69) is 14.6 Å². The molecule has 0 spiro atoms. The summed E-state index contributed by atoms with van der Waals surface area (Å²) in [5.41, 5.74) is 1.48. The van der Waals surface area contributed by atoms with Crippen molar-refractivity contribution in [3.05, 3.63) is 36.2 Å². The summed E-state index contributed by atoms with van der Waals surface area (Å²) in [6.45, 7) is 1.84. The van der Waals surface area contributed by atoms with Crippen molar-refractivity contribution in [1.82, 2.24) is 9.78 Å². The molecule has 0 radical (unpaired) electrons. The molecule has 0 unspecified atom stereocenters. The highest BCUT2D eigenvalue weighted by Gasteiger charge is 2.43. The van der Waals surface area contributed by atoms with E-state index in [9.17, 15) is 8.78 Å². The summed E-state index contributed by atoms with van der Waals surface area (Å²) in [6, 6.07) is 6.35. The number of hydrogen-bond donors (Lipinski definition) is 0. The Morgan fingerprint density at radius 2 is 1.94 bits per heavy atom. The quantitative estimate of drug-likeness (QED) is 0.765. The minimum Gasteiger partial charge on any atom is -0.395 e. The molecular formula is C11H8F2N2O2. The minimum absolute atomic E-state index is 0.0145. The fourth-order valence-electron chi connectivity index (χ4n) is 1.64. The van der Waals surface area contributed by atoms with Gasteiger partial charge in [0.05, 0.1) is 11.4 Å². The Kier molecular flexibility index (Phi) is 1.89. The molecular weight excluding hydrogens is 230 g/mol. The predicted molar refractivity (Wildman–Crippen MR) is 54.5 cm³/mol. The van der Waals surface area contributed by atoms with E-state index in [-0.39, 0.29) is 11.5 Å². The summed E-state index contributed by atoms with van der Waals surface area (Å²) < 4.78 is 35.9. The molecule has 0 amide bonds. The second-order valence-corrected chi connectivity index (χ2v) is 3.70. The molecule has 0 saturated carbocycles. The second kappa shape index (κ2) is 3.19. The van der Waals surface area contributed by atoms with Crippen LogP contribution in [-0.2, 0) is 0 Å². The first-order valence-electron chi connectivity index (χ1n) is 4.96.